The number of hydrogen-bond acceptors (Lipinski definition) is 5. The van der Waals surface area contributed by atoms with Crippen molar-refractivity contribution in [3.8, 4) is 17.2 Å². The number of ether oxygens (including phenoxy) is 1. The Labute approximate surface area is 207 Å². The molecule has 0 fully saturated rings. The van der Waals surface area contributed by atoms with Gasteiger partial charge in [-0.25, -0.2) is 4.98 Å². The second-order valence-electron chi connectivity index (χ2n) is 7.77. The maximum absolute atomic E-state index is 12.7. The minimum absolute atomic E-state index is 0.195. The lowest BCUT2D eigenvalue weighted by Gasteiger charge is -2.11. The molecule has 0 spiro atoms. The number of anilines is 1. The van der Waals surface area contributed by atoms with Gasteiger partial charge >= 0.3 is 0 Å². The molecule has 0 aliphatic rings. The Morgan fingerprint density at radius 3 is 2.46 bits per heavy atom. The van der Waals surface area contributed by atoms with E-state index in [4.69, 9.17) is 21.4 Å². The molecule has 1 heterocycles. The quantitative estimate of drug-likeness (QED) is 0.282. The summed E-state index contributed by atoms with van der Waals surface area (Å²) in [5, 5.41) is 5.93. The molecule has 0 atom stereocenters. The van der Waals surface area contributed by atoms with Crippen LogP contribution in [0.1, 0.15) is 15.9 Å². The van der Waals surface area contributed by atoms with Crippen LogP contribution in [0.2, 0.25) is 0 Å². The molecule has 0 bridgehead atoms. The predicted molar refractivity (Wildman–Crippen MR) is 140 cm³/mol. The van der Waals surface area contributed by atoms with Gasteiger partial charge in [-0.15, -0.1) is 0 Å². The molecule has 0 aliphatic heterocycles. The maximum atomic E-state index is 12.7. The summed E-state index contributed by atoms with van der Waals surface area (Å²) in [4.78, 5) is 17.2. The van der Waals surface area contributed by atoms with Crippen LogP contribution >= 0.6 is 12.2 Å². The Bertz CT molecular complexity index is 1450. The van der Waals surface area contributed by atoms with Crippen molar-refractivity contribution in [1.29, 1.82) is 0 Å². The number of oxazole rings is 1. The van der Waals surface area contributed by atoms with Gasteiger partial charge < -0.3 is 14.5 Å². The molecule has 0 unspecified atom stereocenters. The highest BCUT2D eigenvalue weighted by Gasteiger charge is 2.11. The van der Waals surface area contributed by atoms with Crippen LogP contribution < -0.4 is 15.4 Å². The molecule has 1 amide bonds. The van der Waals surface area contributed by atoms with Gasteiger partial charge in [-0.2, -0.15) is 0 Å². The number of amides is 1. The summed E-state index contributed by atoms with van der Waals surface area (Å²) >= 11 is 5.32. The van der Waals surface area contributed by atoms with E-state index in [2.05, 4.69) is 15.6 Å². The van der Waals surface area contributed by atoms with Crippen molar-refractivity contribution in [2.24, 2.45) is 0 Å². The van der Waals surface area contributed by atoms with Crippen molar-refractivity contribution in [2.75, 3.05) is 5.32 Å². The van der Waals surface area contributed by atoms with Gasteiger partial charge in [0, 0.05) is 16.8 Å². The summed E-state index contributed by atoms with van der Waals surface area (Å²) in [6, 6.07) is 31.9. The maximum Gasteiger partial charge on any atom is 0.257 e. The molecule has 0 saturated carbocycles. The first-order chi connectivity index (χ1) is 17.1. The molecular weight excluding hydrogens is 458 g/mol. The van der Waals surface area contributed by atoms with Crippen LogP contribution in [-0.2, 0) is 6.61 Å². The Hall–Kier alpha value is -4.49. The number of thiocarbonyl (C=S) groups is 1. The smallest absolute Gasteiger partial charge is 0.257 e. The number of carbonyl (C=O) groups is 1. The number of nitrogens with one attached hydrogen (secondary N) is 2. The van der Waals surface area contributed by atoms with Gasteiger partial charge in [0.2, 0.25) is 5.89 Å². The van der Waals surface area contributed by atoms with Crippen molar-refractivity contribution >= 4 is 40.0 Å². The third-order valence-electron chi connectivity index (χ3n) is 5.26. The van der Waals surface area contributed by atoms with Gasteiger partial charge in [0.15, 0.2) is 10.7 Å². The van der Waals surface area contributed by atoms with E-state index in [1.54, 1.807) is 18.2 Å². The Morgan fingerprint density at radius 2 is 1.66 bits per heavy atom. The summed E-state index contributed by atoms with van der Waals surface area (Å²) in [5.74, 6) is 0.828. The molecule has 0 aliphatic carbocycles. The number of para-hydroxylation sites is 2. The lowest BCUT2D eigenvalue weighted by Crippen LogP contribution is -2.34. The average molecular weight is 480 g/mol. The third kappa shape index (κ3) is 5.54. The third-order valence-corrected chi connectivity index (χ3v) is 5.46. The van der Waals surface area contributed by atoms with Gasteiger partial charge in [-0.1, -0.05) is 48.5 Å². The highest BCUT2D eigenvalue weighted by Crippen LogP contribution is 2.25. The SMILES string of the molecule is O=C(NC(=S)Nc1ccc(-c2nc3ccccc3o2)cc1)c1cccc(OCc2ccccc2)c1. The normalized spacial score (nSPS) is 10.6. The summed E-state index contributed by atoms with van der Waals surface area (Å²) in [6.45, 7) is 0.422. The number of fused-ring (bicyclic) bond motifs is 1. The van der Waals surface area contributed by atoms with Gasteiger partial charge in [-0.05, 0) is 72.4 Å². The summed E-state index contributed by atoms with van der Waals surface area (Å²) in [7, 11) is 0. The minimum atomic E-state index is -0.323. The first kappa shape index (κ1) is 22.3. The Balaban J connectivity index is 1.18. The molecule has 35 heavy (non-hydrogen) atoms. The molecule has 5 aromatic rings. The van der Waals surface area contributed by atoms with Crippen LogP contribution in [0.25, 0.3) is 22.6 Å². The molecule has 7 heteroatoms. The minimum Gasteiger partial charge on any atom is -0.489 e. The summed E-state index contributed by atoms with van der Waals surface area (Å²) in [5.41, 5.74) is 4.62. The van der Waals surface area contributed by atoms with E-state index in [1.165, 1.54) is 0 Å². The molecule has 5 rings (SSSR count). The highest BCUT2D eigenvalue weighted by molar-refractivity contribution is 7.80. The average Bonchev–Trinajstić information content (AvgIpc) is 3.33. The first-order valence-corrected chi connectivity index (χ1v) is 11.4. The number of carbonyl (C=O) groups excluding carboxylic acids is 1. The standard InChI is InChI=1S/C28H21N3O3S/c32-26(21-9-6-10-23(17-21)33-18-19-7-2-1-3-8-19)31-28(35)29-22-15-13-20(14-16-22)27-30-24-11-4-5-12-25(24)34-27/h1-17H,18H2,(H2,29,31,32,35). The Kier molecular flexibility index (Phi) is 6.50. The monoisotopic (exact) mass is 479 g/mol. The molecule has 6 nitrogen and oxygen atoms in total. The second-order valence-corrected chi connectivity index (χ2v) is 8.18. The highest BCUT2D eigenvalue weighted by atomic mass is 32.1. The van der Waals surface area contributed by atoms with E-state index in [0.717, 1.165) is 27.9 Å². The Morgan fingerprint density at radius 1 is 0.886 bits per heavy atom. The predicted octanol–water partition coefficient (Wildman–Crippen LogP) is 6.20. The zero-order valence-corrected chi connectivity index (χ0v) is 19.4. The summed E-state index contributed by atoms with van der Waals surface area (Å²) in [6.07, 6.45) is 0. The molecule has 2 N–H and O–H groups in total. The summed E-state index contributed by atoms with van der Waals surface area (Å²) < 4.78 is 11.6. The van der Waals surface area contributed by atoms with Crippen molar-refractivity contribution in [2.45, 2.75) is 6.61 Å². The van der Waals surface area contributed by atoms with Gasteiger partial charge in [0.1, 0.15) is 17.9 Å². The van der Waals surface area contributed by atoms with E-state index in [-0.39, 0.29) is 11.0 Å². The number of benzene rings is 4. The fourth-order valence-electron chi connectivity index (χ4n) is 3.50. The van der Waals surface area contributed by atoms with Crippen LogP contribution in [0, 0.1) is 0 Å². The fraction of sp³-hybridized carbons (Fsp3) is 0.0357. The zero-order chi connectivity index (χ0) is 24.0. The van der Waals surface area contributed by atoms with E-state index in [9.17, 15) is 4.79 Å². The molecule has 0 radical (unpaired) electrons. The van der Waals surface area contributed by atoms with Crippen LogP contribution in [-0.4, -0.2) is 16.0 Å². The van der Waals surface area contributed by atoms with E-state index < -0.39 is 0 Å². The van der Waals surface area contributed by atoms with Gasteiger partial charge in [0.25, 0.3) is 5.91 Å². The van der Waals surface area contributed by atoms with Crippen LogP contribution in [0.15, 0.2) is 108 Å². The molecular formula is C28H21N3O3S. The second kappa shape index (κ2) is 10.2. The van der Waals surface area contributed by atoms with Crippen molar-refractivity contribution in [3.05, 3.63) is 114 Å². The molecule has 4 aromatic carbocycles. The van der Waals surface area contributed by atoms with E-state index in [1.807, 2.05) is 84.9 Å². The van der Waals surface area contributed by atoms with Gasteiger partial charge in [-0.3, -0.25) is 10.1 Å². The van der Waals surface area contributed by atoms with Crippen molar-refractivity contribution < 1.29 is 13.9 Å². The zero-order valence-electron chi connectivity index (χ0n) is 18.6. The molecule has 1 aromatic heterocycles. The van der Waals surface area contributed by atoms with Crippen LogP contribution in [0.5, 0.6) is 5.75 Å². The first-order valence-electron chi connectivity index (χ1n) is 11.0. The number of hydrogen-bond donors (Lipinski definition) is 2. The molecule has 0 saturated heterocycles. The van der Waals surface area contributed by atoms with Crippen molar-refractivity contribution in [1.82, 2.24) is 10.3 Å². The van der Waals surface area contributed by atoms with Crippen molar-refractivity contribution in [3.63, 3.8) is 0 Å². The van der Waals surface area contributed by atoms with Crippen LogP contribution in [0.4, 0.5) is 5.69 Å². The number of nitrogens with zero attached hydrogens (tertiary/aromatic N) is 1. The topological polar surface area (TPSA) is 76.4 Å². The lowest BCUT2D eigenvalue weighted by atomic mass is 10.2. The number of aromatic nitrogens is 1. The fourth-order valence-corrected chi connectivity index (χ4v) is 3.71. The lowest BCUT2D eigenvalue weighted by molar-refractivity contribution is 0.0977. The van der Waals surface area contributed by atoms with E-state index >= 15 is 0 Å². The molecule has 172 valence electrons. The van der Waals surface area contributed by atoms with E-state index in [0.29, 0.717) is 23.8 Å². The van der Waals surface area contributed by atoms with Crippen LogP contribution in [0.3, 0.4) is 0 Å². The van der Waals surface area contributed by atoms with Gasteiger partial charge in [0.05, 0.1) is 0 Å². The number of rotatable bonds is 6. The largest absolute Gasteiger partial charge is 0.489 e.